The average Bonchev–Trinajstić information content (AvgIpc) is 3.15. The fourth-order valence-electron chi connectivity index (χ4n) is 4.15. The van der Waals surface area contributed by atoms with Crippen molar-refractivity contribution in [3.8, 4) is 11.6 Å². The number of ether oxygens (including phenoxy) is 1. The second-order valence-corrected chi connectivity index (χ2v) is 7.33. The molecule has 1 aliphatic carbocycles. The summed E-state index contributed by atoms with van der Waals surface area (Å²) < 4.78 is 5.86. The molecule has 2 heterocycles. The van der Waals surface area contributed by atoms with Crippen LogP contribution in [0, 0.1) is 0 Å². The Morgan fingerprint density at radius 2 is 1.89 bits per heavy atom. The number of rotatable bonds is 4. The third kappa shape index (κ3) is 4.11. The maximum atomic E-state index is 11.5. The van der Waals surface area contributed by atoms with Crippen molar-refractivity contribution in [1.82, 2.24) is 20.2 Å². The number of nitrogens with one attached hydrogen (secondary N) is 1. The van der Waals surface area contributed by atoms with E-state index < -0.39 is 0 Å². The summed E-state index contributed by atoms with van der Waals surface area (Å²) in [5, 5.41) is 2.53. The number of hydrogen-bond acceptors (Lipinski definition) is 5. The fraction of sp³-hybridized carbons (Fsp3) is 0.476. The highest BCUT2D eigenvalue weighted by molar-refractivity contribution is 5.91. The van der Waals surface area contributed by atoms with Gasteiger partial charge in [0.15, 0.2) is 0 Å². The van der Waals surface area contributed by atoms with Gasteiger partial charge >= 0.3 is 0 Å². The summed E-state index contributed by atoms with van der Waals surface area (Å²) in [5.74, 6) is 0.903. The first-order chi connectivity index (χ1) is 13.2. The molecule has 6 nitrogen and oxygen atoms in total. The van der Waals surface area contributed by atoms with Gasteiger partial charge in [0.2, 0.25) is 5.88 Å². The molecule has 0 saturated heterocycles. The van der Waals surface area contributed by atoms with E-state index in [1.165, 1.54) is 49.2 Å². The van der Waals surface area contributed by atoms with Crippen LogP contribution in [0.2, 0.25) is 0 Å². The molecule has 1 saturated carbocycles. The number of nitrogens with zero attached hydrogens (tertiary/aromatic N) is 3. The molecule has 1 aliphatic heterocycles. The van der Waals surface area contributed by atoms with Crippen molar-refractivity contribution in [2.75, 3.05) is 20.1 Å². The number of carbonyl (C=O) groups excluding carboxylic acids is 1. The normalized spacial score (nSPS) is 18.0. The van der Waals surface area contributed by atoms with Crippen LogP contribution < -0.4 is 10.1 Å². The number of hydrogen-bond donors (Lipinski definition) is 1. The van der Waals surface area contributed by atoms with Gasteiger partial charge in [0, 0.05) is 26.2 Å². The van der Waals surface area contributed by atoms with Gasteiger partial charge in [-0.2, -0.15) is 0 Å². The van der Waals surface area contributed by atoms with Crippen molar-refractivity contribution in [1.29, 1.82) is 0 Å². The molecule has 27 heavy (non-hydrogen) atoms. The van der Waals surface area contributed by atoms with Crippen LogP contribution in [-0.2, 0) is 12.8 Å². The van der Waals surface area contributed by atoms with Crippen LogP contribution in [0.15, 0.2) is 30.6 Å². The minimum atomic E-state index is -0.258. The molecular weight excluding hydrogens is 340 g/mol. The summed E-state index contributed by atoms with van der Waals surface area (Å²) in [6.45, 7) is 2.28. The van der Waals surface area contributed by atoms with Crippen LogP contribution in [0.3, 0.4) is 0 Å². The van der Waals surface area contributed by atoms with Crippen molar-refractivity contribution >= 4 is 5.91 Å². The Kier molecular flexibility index (Phi) is 5.34. The maximum absolute atomic E-state index is 11.5. The van der Waals surface area contributed by atoms with E-state index >= 15 is 0 Å². The van der Waals surface area contributed by atoms with Crippen molar-refractivity contribution in [3.63, 3.8) is 0 Å². The molecule has 4 rings (SSSR count). The van der Waals surface area contributed by atoms with Gasteiger partial charge in [-0.1, -0.05) is 18.9 Å². The molecular formula is C21H26N4O2. The van der Waals surface area contributed by atoms with E-state index in [-0.39, 0.29) is 11.6 Å². The van der Waals surface area contributed by atoms with Gasteiger partial charge in [-0.3, -0.25) is 9.69 Å². The lowest BCUT2D eigenvalue weighted by atomic mass is 10.0. The number of benzene rings is 1. The van der Waals surface area contributed by atoms with E-state index in [1.54, 1.807) is 7.05 Å². The van der Waals surface area contributed by atoms with E-state index in [2.05, 4.69) is 32.3 Å². The zero-order chi connectivity index (χ0) is 18.6. The number of aromatic nitrogens is 2. The summed E-state index contributed by atoms with van der Waals surface area (Å²) in [6.07, 6.45) is 10.6. The van der Waals surface area contributed by atoms with Crippen molar-refractivity contribution < 1.29 is 9.53 Å². The molecule has 142 valence electrons. The summed E-state index contributed by atoms with van der Waals surface area (Å²) >= 11 is 0. The molecule has 0 radical (unpaired) electrons. The lowest BCUT2D eigenvalue weighted by molar-refractivity contribution is 0.0957. The largest absolute Gasteiger partial charge is 0.437 e. The Labute approximate surface area is 160 Å². The minimum Gasteiger partial charge on any atom is -0.437 e. The lowest BCUT2D eigenvalue weighted by Crippen LogP contribution is -2.35. The van der Waals surface area contributed by atoms with Gasteiger partial charge in [-0.15, -0.1) is 0 Å². The standard InChI is InChI=1S/C21H26N4O2/c1-22-21(26)19-13-24-20(14-23-19)27-18-7-6-15-8-10-25(11-9-16(15)12-18)17-4-2-3-5-17/h6-7,12-14,17H,2-5,8-11H2,1H3,(H,22,26). The molecule has 1 aromatic carbocycles. The quantitative estimate of drug-likeness (QED) is 0.901. The van der Waals surface area contributed by atoms with Crippen LogP contribution in [-0.4, -0.2) is 47.0 Å². The summed E-state index contributed by atoms with van der Waals surface area (Å²) in [4.78, 5) is 22.5. The predicted octanol–water partition coefficient (Wildman–Crippen LogP) is 2.97. The molecule has 0 atom stereocenters. The van der Waals surface area contributed by atoms with Crippen molar-refractivity contribution in [2.45, 2.75) is 44.6 Å². The Bertz CT molecular complexity index is 800. The average molecular weight is 366 g/mol. The second-order valence-electron chi connectivity index (χ2n) is 7.33. The van der Waals surface area contributed by atoms with E-state index in [4.69, 9.17) is 4.74 Å². The Balaban J connectivity index is 1.43. The Morgan fingerprint density at radius 1 is 1.11 bits per heavy atom. The van der Waals surface area contributed by atoms with E-state index in [0.717, 1.165) is 37.7 Å². The molecule has 1 N–H and O–H groups in total. The van der Waals surface area contributed by atoms with Gasteiger partial charge in [0.05, 0.1) is 12.4 Å². The van der Waals surface area contributed by atoms with Crippen LogP contribution >= 0.6 is 0 Å². The zero-order valence-corrected chi connectivity index (χ0v) is 15.8. The monoisotopic (exact) mass is 366 g/mol. The molecule has 1 fully saturated rings. The molecule has 0 bridgehead atoms. The van der Waals surface area contributed by atoms with Crippen LogP contribution in [0.1, 0.15) is 47.3 Å². The summed E-state index contributed by atoms with van der Waals surface area (Å²) in [6, 6.07) is 7.08. The maximum Gasteiger partial charge on any atom is 0.271 e. The van der Waals surface area contributed by atoms with Gasteiger partial charge < -0.3 is 10.1 Å². The highest BCUT2D eigenvalue weighted by atomic mass is 16.5. The van der Waals surface area contributed by atoms with E-state index in [1.807, 2.05) is 6.07 Å². The molecule has 0 spiro atoms. The highest BCUT2D eigenvalue weighted by Gasteiger charge is 2.24. The molecule has 2 aliphatic rings. The first-order valence-electron chi connectivity index (χ1n) is 9.81. The zero-order valence-electron chi connectivity index (χ0n) is 15.8. The molecule has 1 amide bonds. The van der Waals surface area contributed by atoms with Crippen LogP contribution in [0.4, 0.5) is 0 Å². The summed E-state index contributed by atoms with van der Waals surface area (Å²) in [5.41, 5.74) is 3.06. The highest BCUT2D eigenvalue weighted by Crippen LogP contribution is 2.28. The van der Waals surface area contributed by atoms with Gasteiger partial charge in [0.25, 0.3) is 5.91 Å². The van der Waals surface area contributed by atoms with Crippen LogP contribution in [0.5, 0.6) is 11.6 Å². The minimum absolute atomic E-state index is 0.258. The van der Waals surface area contributed by atoms with Gasteiger partial charge in [0.1, 0.15) is 11.4 Å². The number of fused-ring (bicyclic) bond motifs is 1. The van der Waals surface area contributed by atoms with Crippen molar-refractivity contribution in [2.24, 2.45) is 0 Å². The first kappa shape index (κ1) is 17.9. The third-order valence-corrected chi connectivity index (χ3v) is 5.67. The molecule has 6 heteroatoms. The van der Waals surface area contributed by atoms with Gasteiger partial charge in [-0.05, 0) is 48.9 Å². The smallest absolute Gasteiger partial charge is 0.271 e. The molecule has 0 unspecified atom stereocenters. The fourth-order valence-corrected chi connectivity index (χ4v) is 4.15. The SMILES string of the molecule is CNC(=O)c1cnc(Oc2ccc3c(c2)CCN(C2CCCC2)CC3)cn1. The lowest BCUT2D eigenvalue weighted by Gasteiger charge is -2.26. The summed E-state index contributed by atoms with van der Waals surface area (Å²) in [7, 11) is 1.57. The predicted molar refractivity (Wildman–Crippen MR) is 103 cm³/mol. The Hall–Kier alpha value is -2.47. The molecule has 2 aromatic rings. The first-order valence-corrected chi connectivity index (χ1v) is 9.81. The van der Waals surface area contributed by atoms with E-state index in [9.17, 15) is 4.79 Å². The number of carbonyl (C=O) groups is 1. The van der Waals surface area contributed by atoms with Crippen LogP contribution in [0.25, 0.3) is 0 Å². The van der Waals surface area contributed by atoms with E-state index in [0.29, 0.717) is 5.88 Å². The third-order valence-electron chi connectivity index (χ3n) is 5.67. The molecule has 1 aromatic heterocycles. The Morgan fingerprint density at radius 3 is 2.59 bits per heavy atom. The van der Waals surface area contributed by atoms with Gasteiger partial charge in [-0.25, -0.2) is 9.97 Å². The topological polar surface area (TPSA) is 67.3 Å². The van der Waals surface area contributed by atoms with Crippen molar-refractivity contribution in [3.05, 3.63) is 47.4 Å². The second kappa shape index (κ2) is 8.05. The number of amides is 1.